The first-order valence-corrected chi connectivity index (χ1v) is 5.01. The lowest BCUT2D eigenvalue weighted by Crippen LogP contribution is -2.45. The van der Waals surface area contributed by atoms with Crippen molar-refractivity contribution in [2.24, 2.45) is 17.6 Å². The number of piperidine rings is 1. The fourth-order valence-electron chi connectivity index (χ4n) is 2.29. The summed E-state index contributed by atoms with van der Waals surface area (Å²) in [6.07, 6.45) is 1.72. The van der Waals surface area contributed by atoms with Crippen LogP contribution in [0.2, 0.25) is 0 Å². The Bertz CT molecular complexity index is 252. The van der Waals surface area contributed by atoms with Crippen molar-refractivity contribution in [3.63, 3.8) is 0 Å². The third-order valence-corrected chi connectivity index (χ3v) is 3.63. The Morgan fingerprint density at radius 2 is 2.00 bits per heavy atom. The third kappa shape index (κ3) is 1.09. The van der Waals surface area contributed by atoms with E-state index in [9.17, 15) is 4.79 Å². The third-order valence-electron chi connectivity index (χ3n) is 3.63. The van der Waals surface area contributed by atoms with Crippen molar-refractivity contribution < 1.29 is 4.79 Å². The summed E-state index contributed by atoms with van der Waals surface area (Å²) >= 11 is 0. The zero-order chi connectivity index (χ0) is 9.05. The molecule has 2 atom stereocenters. The first-order valence-electron chi connectivity index (χ1n) is 5.01. The highest BCUT2D eigenvalue weighted by molar-refractivity contribution is 5.89. The molecule has 0 aromatic heterocycles. The van der Waals surface area contributed by atoms with Crippen LogP contribution in [0.1, 0.15) is 12.8 Å². The van der Waals surface area contributed by atoms with Gasteiger partial charge in [0.2, 0.25) is 5.91 Å². The average Bonchev–Trinajstić information content (AvgIpc) is 2.95. The summed E-state index contributed by atoms with van der Waals surface area (Å²) in [7, 11) is 0. The lowest BCUT2D eigenvalue weighted by molar-refractivity contribution is -0.123. The lowest BCUT2D eigenvalue weighted by atomic mass is 10.2. The van der Waals surface area contributed by atoms with Gasteiger partial charge in [-0.3, -0.25) is 4.79 Å². The Morgan fingerprint density at radius 3 is 2.54 bits per heavy atom. The fraction of sp³-hybridized carbons (Fsp3) is 0.889. The maximum Gasteiger partial charge on any atom is 0.240 e. The number of rotatable bonds is 2. The van der Waals surface area contributed by atoms with Gasteiger partial charge in [0.05, 0.1) is 5.54 Å². The summed E-state index contributed by atoms with van der Waals surface area (Å²) in [5.41, 5.74) is 5.29. The van der Waals surface area contributed by atoms with E-state index in [-0.39, 0.29) is 5.91 Å². The molecular formula is C9H15N3O. The molecule has 0 radical (unpaired) electrons. The molecule has 1 aliphatic heterocycles. The van der Waals surface area contributed by atoms with Crippen LogP contribution < -0.4 is 16.4 Å². The summed E-state index contributed by atoms with van der Waals surface area (Å²) in [6.45, 7) is 2.13. The van der Waals surface area contributed by atoms with Gasteiger partial charge in [-0.25, -0.2) is 0 Å². The zero-order valence-electron chi connectivity index (χ0n) is 7.55. The van der Waals surface area contributed by atoms with E-state index in [2.05, 4.69) is 10.6 Å². The average molecular weight is 181 g/mol. The standard InChI is InChI=1S/C9H15N3O/c10-9(1-2-9)8(13)12-7-5-3-11-4-6(5)7/h5-7,11H,1-4,10H2,(H,12,13). The maximum absolute atomic E-state index is 11.6. The van der Waals surface area contributed by atoms with E-state index in [1.807, 2.05) is 0 Å². The van der Waals surface area contributed by atoms with Crippen molar-refractivity contribution in [1.82, 2.24) is 10.6 Å². The number of nitrogens with one attached hydrogen (secondary N) is 2. The number of hydrogen-bond acceptors (Lipinski definition) is 3. The molecule has 0 aromatic rings. The maximum atomic E-state index is 11.6. The fourth-order valence-corrected chi connectivity index (χ4v) is 2.29. The highest BCUT2D eigenvalue weighted by Crippen LogP contribution is 2.42. The van der Waals surface area contributed by atoms with Crippen LogP contribution in [-0.2, 0) is 4.79 Å². The molecule has 4 heteroatoms. The van der Waals surface area contributed by atoms with Gasteiger partial charge in [-0.15, -0.1) is 0 Å². The molecule has 2 aliphatic carbocycles. The number of fused-ring (bicyclic) bond motifs is 1. The summed E-state index contributed by atoms with van der Waals surface area (Å²) in [5, 5.41) is 6.35. The van der Waals surface area contributed by atoms with Gasteiger partial charge in [-0.05, 0) is 24.7 Å². The van der Waals surface area contributed by atoms with Gasteiger partial charge in [0, 0.05) is 19.1 Å². The highest BCUT2D eigenvalue weighted by Gasteiger charge is 2.56. The molecule has 3 rings (SSSR count). The van der Waals surface area contributed by atoms with Gasteiger partial charge in [0.15, 0.2) is 0 Å². The van der Waals surface area contributed by atoms with Gasteiger partial charge in [-0.1, -0.05) is 0 Å². The van der Waals surface area contributed by atoms with Crippen molar-refractivity contribution in [1.29, 1.82) is 0 Å². The van der Waals surface area contributed by atoms with Gasteiger partial charge in [0.1, 0.15) is 0 Å². The minimum absolute atomic E-state index is 0.0758. The molecule has 3 aliphatic rings. The Hall–Kier alpha value is -0.610. The highest BCUT2D eigenvalue weighted by atomic mass is 16.2. The van der Waals surface area contributed by atoms with Crippen molar-refractivity contribution in [3.8, 4) is 0 Å². The molecule has 4 nitrogen and oxygen atoms in total. The van der Waals surface area contributed by atoms with Gasteiger partial charge >= 0.3 is 0 Å². The predicted molar refractivity (Wildman–Crippen MR) is 47.9 cm³/mol. The van der Waals surface area contributed by atoms with E-state index in [1.54, 1.807) is 0 Å². The molecule has 3 fully saturated rings. The van der Waals surface area contributed by atoms with Crippen LogP contribution in [0, 0.1) is 11.8 Å². The second kappa shape index (κ2) is 2.25. The van der Waals surface area contributed by atoms with Crippen molar-refractivity contribution in [2.75, 3.05) is 13.1 Å². The van der Waals surface area contributed by atoms with E-state index in [0.717, 1.165) is 25.9 Å². The molecular weight excluding hydrogens is 166 g/mol. The normalized spacial score (nSPS) is 43.9. The smallest absolute Gasteiger partial charge is 0.240 e. The quantitative estimate of drug-likeness (QED) is 0.502. The Balaban J connectivity index is 1.56. The van der Waals surface area contributed by atoms with Crippen LogP contribution in [0.5, 0.6) is 0 Å². The minimum atomic E-state index is -0.496. The van der Waals surface area contributed by atoms with Gasteiger partial charge < -0.3 is 16.4 Å². The monoisotopic (exact) mass is 181 g/mol. The summed E-state index contributed by atoms with van der Waals surface area (Å²) in [5.74, 6) is 1.45. The molecule has 1 saturated heterocycles. The second-order valence-electron chi connectivity index (χ2n) is 4.64. The first-order chi connectivity index (χ1) is 6.21. The van der Waals surface area contributed by atoms with Crippen LogP contribution in [0.3, 0.4) is 0 Å². The van der Waals surface area contributed by atoms with E-state index in [4.69, 9.17) is 5.73 Å². The number of amides is 1. The zero-order valence-corrected chi connectivity index (χ0v) is 7.55. The van der Waals surface area contributed by atoms with E-state index < -0.39 is 5.54 Å². The summed E-state index contributed by atoms with van der Waals surface area (Å²) in [4.78, 5) is 11.6. The molecule has 2 unspecified atom stereocenters. The largest absolute Gasteiger partial charge is 0.351 e. The number of nitrogens with two attached hydrogens (primary N) is 1. The summed E-state index contributed by atoms with van der Waals surface area (Å²) < 4.78 is 0. The lowest BCUT2D eigenvalue weighted by Gasteiger charge is -2.11. The van der Waals surface area contributed by atoms with E-state index in [0.29, 0.717) is 17.9 Å². The van der Waals surface area contributed by atoms with Crippen molar-refractivity contribution >= 4 is 5.91 Å². The topological polar surface area (TPSA) is 67.2 Å². The van der Waals surface area contributed by atoms with Crippen LogP contribution in [0.25, 0.3) is 0 Å². The second-order valence-corrected chi connectivity index (χ2v) is 4.64. The molecule has 4 N–H and O–H groups in total. The molecule has 0 aromatic carbocycles. The first kappa shape index (κ1) is 7.76. The predicted octanol–water partition coefficient (Wildman–Crippen LogP) is -1.19. The van der Waals surface area contributed by atoms with Crippen LogP contribution in [-0.4, -0.2) is 30.6 Å². The Kier molecular flexibility index (Phi) is 1.34. The molecule has 13 heavy (non-hydrogen) atoms. The molecule has 1 heterocycles. The Morgan fingerprint density at radius 1 is 1.38 bits per heavy atom. The minimum Gasteiger partial charge on any atom is -0.351 e. The summed E-state index contributed by atoms with van der Waals surface area (Å²) in [6, 6.07) is 0.426. The van der Waals surface area contributed by atoms with Crippen molar-refractivity contribution in [2.45, 2.75) is 24.4 Å². The van der Waals surface area contributed by atoms with Crippen LogP contribution in [0.15, 0.2) is 0 Å². The van der Waals surface area contributed by atoms with Crippen LogP contribution in [0.4, 0.5) is 0 Å². The molecule has 2 saturated carbocycles. The molecule has 72 valence electrons. The van der Waals surface area contributed by atoms with Crippen molar-refractivity contribution in [3.05, 3.63) is 0 Å². The Labute approximate surface area is 77.2 Å². The van der Waals surface area contributed by atoms with Gasteiger partial charge in [0.25, 0.3) is 0 Å². The molecule has 1 amide bonds. The van der Waals surface area contributed by atoms with Gasteiger partial charge in [-0.2, -0.15) is 0 Å². The SMILES string of the molecule is NC1(C(=O)NC2C3CNCC32)CC1. The number of hydrogen-bond donors (Lipinski definition) is 3. The van der Waals surface area contributed by atoms with Crippen LogP contribution >= 0.6 is 0 Å². The molecule has 0 bridgehead atoms. The number of carbonyl (C=O) groups is 1. The van der Waals surface area contributed by atoms with E-state index in [1.165, 1.54) is 0 Å². The van der Waals surface area contributed by atoms with E-state index >= 15 is 0 Å². The molecule has 0 spiro atoms. The number of carbonyl (C=O) groups excluding carboxylic acids is 1.